The number of aromatic nitrogens is 1. The van der Waals surface area contributed by atoms with E-state index in [1.165, 1.54) is 0 Å². The summed E-state index contributed by atoms with van der Waals surface area (Å²) in [5.74, 6) is 0. The monoisotopic (exact) mass is 268 g/mol. The molecule has 0 atom stereocenters. The Morgan fingerprint density at radius 2 is 1.65 bits per heavy atom. The van der Waals surface area contributed by atoms with E-state index in [1.807, 2.05) is 33.8 Å². The first-order valence-corrected chi connectivity index (χ1v) is 6.16. The van der Waals surface area contributed by atoms with Crippen LogP contribution in [0.25, 0.3) is 6.08 Å². The van der Waals surface area contributed by atoms with Gasteiger partial charge in [-0.3, -0.25) is 0 Å². The molecule has 0 saturated heterocycles. The third-order valence-electron chi connectivity index (χ3n) is 3.30. The van der Waals surface area contributed by atoms with Crippen molar-refractivity contribution >= 4 is 34.4 Å². The Bertz CT molecular complexity index is 574. The minimum Gasteiger partial charge on any atom is -0.346 e. The third kappa shape index (κ3) is 2.07. The molecule has 2 nitrogen and oxygen atoms in total. The second kappa shape index (κ2) is 4.35. The van der Waals surface area contributed by atoms with Crippen molar-refractivity contribution in [1.29, 1.82) is 0 Å². The van der Waals surface area contributed by atoms with Crippen LogP contribution in [-0.2, 0) is 0 Å². The summed E-state index contributed by atoms with van der Waals surface area (Å²) in [5, 5.41) is 1.25. The van der Waals surface area contributed by atoms with E-state index in [-0.39, 0.29) is 0 Å². The average molecular weight is 269 g/mol. The number of hydrogen-bond acceptors (Lipinski definition) is 1. The minimum atomic E-state index is 0.570. The first-order chi connectivity index (χ1) is 7.91. The summed E-state index contributed by atoms with van der Waals surface area (Å²) in [6.07, 6.45) is 1.99. The Labute approximate surface area is 111 Å². The van der Waals surface area contributed by atoms with Crippen LogP contribution in [-0.4, -0.2) is 10.2 Å². The van der Waals surface area contributed by atoms with Crippen molar-refractivity contribution in [2.24, 2.45) is 4.99 Å². The minimum absolute atomic E-state index is 0.570. The summed E-state index contributed by atoms with van der Waals surface area (Å²) in [5.41, 5.74) is 6.25. The van der Waals surface area contributed by atoms with Gasteiger partial charge in [-0.05, 0) is 56.0 Å². The van der Waals surface area contributed by atoms with Crippen molar-refractivity contribution in [3.05, 3.63) is 38.8 Å². The fourth-order valence-corrected chi connectivity index (χ4v) is 2.19. The Morgan fingerprint density at radius 1 is 1.00 bits per heavy atom. The lowest BCUT2D eigenvalue weighted by Gasteiger charge is -1.98. The molecule has 2 rings (SSSR count). The van der Waals surface area contributed by atoms with Gasteiger partial charge in [0.05, 0.1) is 5.70 Å². The smallest absolute Gasteiger partial charge is 0.132 e. The number of aromatic amines is 1. The van der Waals surface area contributed by atoms with Crippen LogP contribution in [0.5, 0.6) is 0 Å². The van der Waals surface area contributed by atoms with Crippen molar-refractivity contribution in [2.45, 2.75) is 27.7 Å². The molecule has 4 heteroatoms. The van der Waals surface area contributed by atoms with Gasteiger partial charge in [0.25, 0.3) is 0 Å². The van der Waals surface area contributed by atoms with Crippen molar-refractivity contribution in [1.82, 2.24) is 4.98 Å². The van der Waals surface area contributed by atoms with E-state index in [2.05, 4.69) is 9.98 Å². The normalized spacial score (nSPS) is 18.2. The Hall–Kier alpha value is -0.990. The Morgan fingerprint density at radius 3 is 2.06 bits per heavy atom. The standard InChI is InChI=1S/C13H14Cl2N2/c1-6-8(3)12(14)16-10(6)5-11-7(2)9(4)13(15)17-11/h5,16H,1-4H3/b11-5+. The summed E-state index contributed by atoms with van der Waals surface area (Å²) in [6.45, 7) is 8.03. The van der Waals surface area contributed by atoms with Gasteiger partial charge in [-0.1, -0.05) is 23.2 Å². The number of hydrogen-bond donors (Lipinski definition) is 1. The van der Waals surface area contributed by atoms with Gasteiger partial charge >= 0.3 is 0 Å². The molecule has 1 aromatic heterocycles. The van der Waals surface area contributed by atoms with Crippen LogP contribution in [0.15, 0.2) is 21.8 Å². The maximum absolute atomic E-state index is 6.06. The second-order valence-corrected chi connectivity index (χ2v) is 5.02. The molecule has 0 bridgehead atoms. The predicted molar refractivity (Wildman–Crippen MR) is 74.9 cm³/mol. The summed E-state index contributed by atoms with van der Waals surface area (Å²) < 4.78 is 0. The second-order valence-electron chi connectivity index (χ2n) is 4.28. The molecule has 1 aliphatic heterocycles. The molecule has 0 fully saturated rings. The van der Waals surface area contributed by atoms with E-state index in [0.29, 0.717) is 10.3 Å². The number of rotatable bonds is 1. The van der Waals surface area contributed by atoms with Crippen molar-refractivity contribution in [3.8, 4) is 0 Å². The average Bonchev–Trinajstić information content (AvgIpc) is 2.66. The highest BCUT2D eigenvalue weighted by Crippen LogP contribution is 2.30. The fraction of sp³-hybridized carbons (Fsp3) is 0.308. The van der Waals surface area contributed by atoms with Crippen LogP contribution in [0.3, 0.4) is 0 Å². The van der Waals surface area contributed by atoms with E-state index in [1.54, 1.807) is 0 Å². The molecule has 0 aromatic carbocycles. The lowest BCUT2D eigenvalue weighted by Crippen LogP contribution is -1.84. The van der Waals surface area contributed by atoms with Crippen LogP contribution in [0.4, 0.5) is 0 Å². The van der Waals surface area contributed by atoms with Gasteiger partial charge in [0.15, 0.2) is 0 Å². The van der Waals surface area contributed by atoms with Crippen LogP contribution in [0, 0.1) is 13.8 Å². The molecule has 1 N–H and O–H groups in total. The molecule has 0 unspecified atom stereocenters. The molecule has 0 amide bonds. The Kier molecular flexibility index (Phi) is 3.19. The number of nitrogens with zero attached hydrogens (tertiary/aromatic N) is 1. The van der Waals surface area contributed by atoms with Gasteiger partial charge in [-0.25, -0.2) is 4.99 Å². The molecule has 90 valence electrons. The summed E-state index contributed by atoms with van der Waals surface area (Å²) in [6, 6.07) is 0. The van der Waals surface area contributed by atoms with Gasteiger partial charge in [0, 0.05) is 5.69 Å². The first-order valence-electron chi connectivity index (χ1n) is 5.40. The highest BCUT2D eigenvalue weighted by Gasteiger charge is 2.16. The van der Waals surface area contributed by atoms with E-state index in [9.17, 15) is 0 Å². The number of H-pyrrole nitrogens is 1. The zero-order valence-electron chi connectivity index (χ0n) is 10.3. The summed E-state index contributed by atoms with van der Waals surface area (Å²) >= 11 is 12.1. The largest absolute Gasteiger partial charge is 0.346 e. The maximum atomic E-state index is 6.06. The molecule has 2 heterocycles. The summed E-state index contributed by atoms with van der Waals surface area (Å²) in [7, 11) is 0. The zero-order valence-corrected chi connectivity index (χ0v) is 11.8. The molecular formula is C13H14Cl2N2. The van der Waals surface area contributed by atoms with Gasteiger partial charge in [-0.2, -0.15) is 0 Å². The van der Waals surface area contributed by atoms with Gasteiger partial charge in [0.2, 0.25) is 0 Å². The van der Waals surface area contributed by atoms with E-state index >= 15 is 0 Å². The number of nitrogens with one attached hydrogen (secondary N) is 1. The van der Waals surface area contributed by atoms with Crippen LogP contribution >= 0.6 is 23.2 Å². The number of aliphatic imine (C=N–C) groups is 1. The SMILES string of the molecule is CC1=C(C)/C(=C\c2[nH]c(Cl)c(C)c2C)N=C1Cl. The van der Waals surface area contributed by atoms with Crippen molar-refractivity contribution in [2.75, 3.05) is 0 Å². The Balaban J connectivity index is 2.49. The highest BCUT2D eigenvalue weighted by atomic mass is 35.5. The third-order valence-corrected chi connectivity index (χ3v) is 4.04. The van der Waals surface area contributed by atoms with Crippen LogP contribution in [0.2, 0.25) is 5.15 Å². The van der Waals surface area contributed by atoms with Crippen molar-refractivity contribution < 1.29 is 0 Å². The highest BCUT2D eigenvalue weighted by molar-refractivity contribution is 6.70. The molecule has 1 aliphatic rings. The van der Waals surface area contributed by atoms with E-state index in [4.69, 9.17) is 23.2 Å². The zero-order chi connectivity index (χ0) is 12.7. The van der Waals surface area contributed by atoms with E-state index in [0.717, 1.165) is 33.7 Å². The molecule has 0 aliphatic carbocycles. The van der Waals surface area contributed by atoms with Crippen LogP contribution in [0.1, 0.15) is 30.7 Å². The quantitative estimate of drug-likeness (QED) is 0.771. The predicted octanol–water partition coefficient (Wildman–Crippen LogP) is 4.61. The molecule has 1 aromatic rings. The molecule has 0 spiro atoms. The summed E-state index contributed by atoms with van der Waals surface area (Å²) in [4.78, 5) is 7.48. The lowest BCUT2D eigenvalue weighted by molar-refractivity contribution is 1.29. The number of halogens is 2. The molecule has 0 radical (unpaired) electrons. The maximum Gasteiger partial charge on any atom is 0.132 e. The topological polar surface area (TPSA) is 28.1 Å². The van der Waals surface area contributed by atoms with Gasteiger partial charge < -0.3 is 4.98 Å². The van der Waals surface area contributed by atoms with Crippen molar-refractivity contribution in [3.63, 3.8) is 0 Å². The molecule has 0 saturated carbocycles. The molecular weight excluding hydrogens is 255 g/mol. The van der Waals surface area contributed by atoms with Gasteiger partial charge in [-0.15, -0.1) is 0 Å². The first kappa shape index (κ1) is 12.5. The fourth-order valence-electron chi connectivity index (χ4n) is 1.71. The number of allylic oxidation sites excluding steroid dienone is 2. The molecule has 17 heavy (non-hydrogen) atoms. The van der Waals surface area contributed by atoms with Crippen LogP contribution < -0.4 is 0 Å². The van der Waals surface area contributed by atoms with E-state index < -0.39 is 0 Å². The van der Waals surface area contributed by atoms with Gasteiger partial charge in [0.1, 0.15) is 10.3 Å². The lowest BCUT2D eigenvalue weighted by atomic mass is 10.1.